The number of rotatable bonds is 2. The van der Waals surface area contributed by atoms with E-state index in [1.807, 2.05) is 6.08 Å². The molecule has 3 atom stereocenters. The minimum absolute atomic E-state index is 0.0238. The van der Waals surface area contributed by atoms with E-state index in [-0.39, 0.29) is 23.6 Å². The van der Waals surface area contributed by atoms with Crippen molar-refractivity contribution in [2.24, 2.45) is 11.8 Å². The van der Waals surface area contributed by atoms with E-state index in [1.54, 1.807) is 6.92 Å². The van der Waals surface area contributed by atoms with Crippen LogP contribution >= 0.6 is 15.9 Å². The Hall–Kier alpha value is -0.940. The van der Waals surface area contributed by atoms with Crippen molar-refractivity contribution in [1.82, 2.24) is 0 Å². The Kier molecular flexibility index (Phi) is 2.71. The molecular weight excluding hydrogens is 300 g/mol. The number of allylic oxidation sites excluding steroid dienone is 2. The molecule has 2 bridgehead atoms. The summed E-state index contributed by atoms with van der Waals surface area (Å²) in [4.78, 5) is 23.8. The summed E-state index contributed by atoms with van der Waals surface area (Å²) in [7, 11) is 0. The lowest BCUT2D eigenvalue weighted by Crippen LogP contribution is -2.47. The topological polar surface area (TPSA) is 55.9 Å². The minimum Gasteiger partial charge on any atom is -0.463 e. The fourth-order valence-electron chi connectivity index (χ4n) is 2.81. The van der Waals surface area contributed by atoms with Gasteiger partial charge in [-0.15, -0.1) is 0 Å². The number of epoxide rings is 1. The molecule has 3 aliphatic carbocycles. The zero-order chi connectivity index (χ0) is 12.9. The molecule has 0 aromatic rings. The maximum Gasteiger partial charge on any atom is 0.330 e. The van der Waals surface area contributed by atoms with E-state index in [0.29, 0.717) is 19.6 Å². The first-order valence-corrected chi connectivity index (χ1v) is 6.80. The van der Waals surface area contributed by atoms with Crippen molar-refractivity contribution in [1.29, 1.82) is 0 Å². The van der Waals surface area contributed by atoms with Crippen molar-refractivity contribution >= 4 is 27.7 Å². The Morgan fingerprint density at radius 2 is 2.44 bits per heavy atom. The first-order chi connectivity index (χ1) is 8.58. The Balaban J connectivity index is 1.91. The van der Waals surface area contributed by atoms with Crippen LogP contribution < -0.4 is 0 Å². The van der Waals surface area contributed by atoms with E-state index in [2.05, 4.69) is 15.9 Å². The molecule has 0 unspecified atom stereocenters. The summed E-state index contributed by atoms with van der Waals surface area (Å²) >= 11 is 3.50. The second-order valence-electron chi connectivity index (χ2n) is 4.80. The van der Waals surface area contributed by atoms with Gasteiger partial charge in [-0.1, -0.05) is 22.0 Å². The van der Waals surface area contributed by atoms with Crippen LogP contribution in [-0.2, 0) is 19.1 Å². The van der Waals surface area contributed by atoms with Gasteiger partial charge in [-0.05, 0) is 23.4 Å². The van der Waals surface area contributed by atoms with E-state index in [1.165, 1.54) is 6.08 Å². The normalized spacial score (nSPS) is 39.1. The van der Waals surface area contributed by atoms with Crippen molar-refractivity contribution in [2.45, 2.75) is 18.9 Å². The summed E-state index contributed by atoms with van der Waals surface area (Å²) < 4.78 is 11.3. The third-order valence-electron chi connectivity index (χ3n) is 3.81. The lowest BCUT2D eigenvalue weighted by Gasteiger charge is -2.39. The lowest BCUT2D eigenvalue weighted by molar-refractivity contribution is -0.137. The van der Waals surface area contributed by atoms with Crippen LogP contribution in [0.15, 0.2) is 22.2 Å². The van der Waals surface area contributed by atoms with E-state index in [0.717, 1.165) is 10.1 Å². The maximum absolute atomic E-state index is 12.3. The molecule has 0 aromatic heterocycles. The number of fused-ring (bicyclic) bond motifs is 1. The summed E-state index contributed by atoms with van der Waals surface area (Å²) in [6.45, 7) is 2.61. The van der Waals surface area contributed by atoms with Gasteiger partial charge in [0, 0.05) is 12.0 Å². The van der Waals surface area contributed by atoms with Gasteiger partial charge in [-0.3, -0.25) is 4.79 Å². The van der Waals surface area contributed by atoms with E-state index in [4.69, 9.17) is 9.47 Å². The van der Waals surface area contributed by atoms with Gasteiger partial charge in [0.05, 0.1) is 19.1 Å². The molecule has 4 aliphatic rings. The average Bonchev–Trinajstić information content (AvgIpc) is 3.09. The zero-order valence-electron chi connectivity index (χ0n) is 9.94. The predicted molar refractivity (Wildman–Crippen MR) is 67.0 cm³/mol. The van der Waals surface area contributed by atoms with Gasteiger partial charge in [0.2, 0.25) is 0 Å². The van der Waals surface area contributed by atoms with Gasteiger partial charge in [0.1, 0.15) is 0 Å². The fraction of sp³-hybridized carbons (Fsp3) is 0.538. The zero-order valence-corrected chi connectivity index (χ0v) is 11.5. The number of carbonyl (C=O) groups excluding carboxylic acids is 2. The monoisotopic (exact) mass is 312 g/mol. The lowest BCUT2D eigenvalue weighted by atomic mass is 9.65. The number of hydrogen-bond acceptors (Lipinski definition) is 4. The third-order valence-corrected chi connectivity index (χ3v) is 4.62. The average molecular weight is 313 g/mol. The molecule has 18 heavy (non-hydrogen) atoms. The van der Waals surface area contributed by atoms with E-state index in [9.17, 15) is 9.59 Å². The predicted octanol–water partition coefficient (Wildman–Crippen LogP) is 1.74. The number of Topliss-reactive ketones (excluding diaryl/α,β-unsaturated/α-hetero) is 1. The highest BCUT2D eigenvalue weighted by molar-refractivity contribution is 9.11. The van der Waals surface area contributed by atoms with Crippen LogP contribution in [0.4, 0.5) is 0 Å². The fourth-order valence-corrected chi connectivity index (χ4v) is 3.61. The van der Waals surface area contributed by atoms with Crippen LogP contribution in [0, 0.1) is 11.8 Å². The molecule has 5 heteroatoms. The molecular formula is C13H13BrO4. The van der Waals surface area contributed by atoms with Gasteiger partial charge < -0.3 is 9.47 Å². The van der Waals surface area contributed by atoms with Crippen molar-refractivity contribution in [3.63, 3.8) is 0 Å². The van der Waals surface area contributed by atoms with Gasteiger partial charge in [0.25, 0.3) is 0 Å². The Bertz CT molecular complexity index is 487. The van der Waals surface area contributed by atoms with Gasteiger partial charge in [-0.2, -0.15) is 0 Å². The van der Waals surface area contributed by atoms with Crippen molar-refractivity contribution in [3.8, 4) is 0 Å². The second-order valence-corrected chi connectivity index (χ2v) is 5.72. The molecule has 4 nitrogen and oxygen atoms in total. The summed E-state index contributed by atoms with van der Waals surface area (Å²) in [6, 6.07) is 0. The second kappa shape index (κ2) is 4.03. The molecule has 1 spiro atoms. The first kappa shape index (κ1) is 12.1. The van der Waals surface area contributed by atoms with Crippen LogP contribution in [-0.4, -0.2) is 30.6 Å². The Morgan fingerprint density at radius 1 is 1.72 bits per heavy atom. The smallest absolute Gasteiger partial charge is 0.330 e. The van der Waals surface area contributed by atoms with E-state index < -0.39 is 5.60 Å². The van der Waals surface area contributed by atoms with Crippen LogP contribution in [0.3, 0.4) is 0 Å². The molecule has 96 valence electrons. The van der Waals surface area contributed by atoms with Gasteiger partial charge in [0.15, 0.2) is 11.4 Å². The first-order valence-electron chi connectivity index (χ1n) is 6.01. The number of carbonyl (C=O) groups is 2. The minimum atomic E-state index is -0.607. The molecule has 1 heterocycles. The SMILES string of the molecule is CCOC(=O)/C=C1/C[C@H]2C(Br)=C[C@@H]1C(=O)[C@@]21CO1. The van der Waals surface area contributed by atoms with Crippen LogP contribution in [0.25, 0.3) is 0 Å². The summed E-state index contributed by atoms with van der Waals surface area (Å²) in [6.07, 6.45) is 4.03. The molecule has 4 rings (SSSR count). The third kappa shape index (κ3) is 1.61. The number of halogens is 1. The highest BCUT2D eigenvalue weighted by atomic mass is 79.9. The molecule has 0 aromatic carbocycles. The van der Waals surface area contributed by atoms with Crippen molar-refractivity contribution in [3.05, 3.63) is 22.2 Å². The quantitative estimate of drug-likeness (QED) is 0.443. The molecule has 1 saturated heterocycles. The maximum atomic E-state index is 12.3. The number of esters is 1. The van der Waals surface area contributed by atoms with Crippen LogP contribution in [0.2, 0.25) is 0 Å². The molecule has 0 radical (unpaired) electrons. The van der Waals surface area contributed by atoms with Gasteiger partial charge >= 0.3 is 5.97 Å². The Morgan fingerprint density at radius 3 is 3.06 bits per heavy atom. The molecule has 2 fully saturated rings. The van der Waals surface area contributed by atoms with Gasteiger partial charge in [-0.25, -0.2) is 4.79 Å². The molecule has 1 aliphatic heterocycles. The molecule has 0 N–H and O–H groups in total. The van der Waals surface area contributed by atoms with Crippen LogP contribution in [0.5, 0.6) is 0 Å². The van der Waals surface area contributed by atoms with E-state index >= 15 is 0 Å². The number of hydrogen-bond donors (Lipinski definition) is 0. The van der Waals surface area contributed by atoms with Crippen molar-refractivity contribution < 1.29 is 19.1 Å². The molecule has 0 amide bonds. The molecule has 1 saturated carbocycles. The van der Waals surface area contributed by atoms with Crippen molar-refractivity contribution in [2.75, 3.05) is 13.2 Å². The largest absolute Gasteiger partial charge is 0.463 e. The summed E-state index contributed by atoms with van der Waals surface area (Å²) in [5, 5.41) is 0. The standard InChI is InChI=1S/C13H13BrO4/c1-2-17-11(15)4-7-3-9-10(14)5-8(7)12(16)13(9)6-18-13/h4-5,8-9H,2-3,6H2,1H3/b7-4-/t8-,9-,13+/m0/s1. The number of ketones is 1. The highest BCUT2D eigenvalue weighted by Crippen LogP contribution is 2.56. The summed E-state index contributed by atoms with van der Waals surface area (Å²) in [5.41, 5.74) is 0.234. The highest BCUT2D eigenvalue weighted by Gasteiger charge is 2.65. The summed E-state index contributed by atoms with van der Waals surface area (Å²) in [5.74, 6) is -0.604. The Labute approximate surface area is 113 Å². The van der Waals surface area contributed by atoms with Crippen LogP contribution in [0.1, 0.15) is 13.3 Å². The number of ether oxygens (including phenoxy) is 2.